The molecule has 2 aromatic heterocycles. The molecule has 5 heteroatoms. The van der Waals surface area contributed by atoms with Crippen molar-refractivity contribution in [1.29, 1.82) is 0 Å². The minimum absolute atomic E-state index is 0.257. The van der Waals surface area contributed by atoms with Crippen molar-refractivity contribution in [2.24, 2.45) is 0 Å². The number of H-pyrrole nitrogens is 1. The van der Waals surface area contributed by atoms with E-state index < -0.39 is 0 Å². The Morgan fingerprint density at radius 1 is 1.25 bits per heavy atom. The van der Waals surface area contributed by atoms with Crippen LogP contribution in [0.15, 0.2) is 27.9 Å². The third kappa shape index (κ3) is 1.76. The van der Waals surface area contributed by atoms with Crippen LogP contribution < -0.4 is 11.2 Å². The summed E-state index contributed by atoms with van der Waals surface area (Å²) in [6.45, 7) is 5.77. The maximum Gasteiger partial charge on any atom is 0.350 e. The van der Waals surface area contributed by atoms with Crippen molar-refractivity contribution in [3.63, 3.8) is 0 Å². The molecule has 0 atom stereocenters. The van der Waals surface area contributed by atoms with Crippen LogP contribution in [0.1, 0.15) is 20.8 Å². The standard InChI is InChI=1S/C11H13N3O2/c1-11(2,3)14-6-7-4-5-8(15)12-9(7)13-10(14)16/h4-6H,1-3H3,(H,12,13,15,16). The fraction of sp³-hybridized carbons (Fsp3) is 0.364. The molecule has 0 saturated carbocycles. The highest BCUT2D eigenvalue weighted by atomic mass is 16.1. The van der Waals surface area contributed by atoms with E-state index in [2.05, 4.69) is 9.97 Å². The second kappa shape index (κ2) is 3.30. The van der Waals surface area contributed by atoms with Gasteiger partial charge in [-0.05, 0) is 26.8 Å². The summed E-state index contributed by atoms with van der Waals surface area (Å²) in [7, 11) is 0. The number of hydrogen-bond donors (Lipinski definition) is 1. The van der Waals surface area contributed by atoms with E-state index in [0.717, 1.165) is 5.39 Å². The molecule has 0 aliphatic carbocycles. The molecule has 0 aliphatic rings. The highest BCUT2D eigenvalue weighted by Crippen LogP contribution is 2.12. The first kappa shape index (κ1) is 10.6. The summed E-state index contributed by atoms with van der Waals surface area (Å²) in [5.74, 6) is 0. The highest BCUT2D eigenvalue weighted by Gasteiger charge is 2.15. The fourth-order valence-electron chi connectivity index (χ4n) is 1.50. The number of aromatic nitrogens is 3. The Balaban J connectivity index is 2.83. The van der Waals surface area contributed by atoms with Gasteiger partial charge in [-0.15, -0.1) is 0 Å². The van der Waals surface area contributed by atoms with Crippen molar-refractivity contribution in [1.82, 2.24) is 14.5 Å². The van der Waals surface area contributed by atoms with Gasteiger partial charge in [0.15, 0.2) is 0 Å². The molecular formula is C11H13N3O2. The van der Waals surface area contributed by atoms with Crippen molar-refractivity contribution in [2.45, 2.75) is 26.3 Å². The first-order valence-electron chi connectivity index (χ1n) is 5.01. The molecule has 0 unspecified atom stereocenters. The Morgan fingerprint density at radius 2 is 1.94 bits per heavy atom. The van der Waals surface area contributed by atoms with Gasteiger partial charge in [0, 0.05) is 23.2 Å². The van der Waals surface area contributed by atoms with E-state index in [1.165, 1.54) is 6.07 Å². The van der Waals surface area contributed by atoms with E-state index in [4.69, 9.17) is 0 Å². The third-order valence-electron chi connectivity index (χ3n) is 2.33. The highest BCUT2D eigenvalue weighted by molar-refractivity contribution is 5.72. The lowest BCUT2D eigenvalue weighted by Gasteiger charge is -2.21. The number of pyridine rings is 1. The molecule has 16 heavy (non-hydrogen) atoms. The minimum atomic E-state index is -0.359. The van der Waals surface area contributed by atoms with Crippen LogP contribution in [0.2, 0.25) is 0 Å². The lowest BCUT2D eigenvalue weighted by molar-refractivity contribution is 0.379. The van der Waals surface area contributed by atoms with Gasteiger partial charge in [-0.3, -0.25) is 9.36 Å². The minimum Gasteiger partial charge on any atom is -0.306 e. The Kier molecular flexibility index (Phi) is 2.18. The maximum atomic E-state index is 11.7. The van der Waals surface area contributed by atoms with Gasteiger partial charge in [0.05, 0.1) is 0 Å². The number of aromatic amines is 1. The molecule has 0 spiro atoms. The molecule has 0 bridgehead atoms. The van der Waals surface area contributed by atoms with Crippen molar-refractivity contribution in [3.05, 3.63) is 39.2 Å². The van der Waals surface area contributed by atoms with E-state index in [1.807, 2.05) is 20.8 Å². The first-order chi connectivity index (χ1) is 7.38. The molecule has 0 saturated heterocycles. The molecule has 2 heterocycles. The summed E-state index contributed by atoms with van der Waals surface area (Å²) < 4.78 is 1.55. The van der Waals surface area contributed by atoms with Gasteiger partial charge in [-0.1, -0.05) is 0 Å². The lowest BCUT2D eigenvalue weighted by Crippen LogP contribution is -2.35. The van der Waals surface area contributed by atoms with E-state index in [-0.39, 0.29) is 16.8 Å². The van der Waals surface area contributed by atoms with Crippen LogP contribution in [-0.4, -0.2) is 14.5 Å². The summed E-state index contributed by atoms with van der Waals surface area (Å²) >= 11 is 0. The van der Waals surface area contributed by atoms with E-state index in [9.17, 15) is 9.59 Å². The van der Waals surface area contributed by atoms with Gasteiger partial charge in [0.25, 0.3) is 0 Å². The summed E-state index contributed by atoms with van der Waals surface area (Å²) in [5.41, 5.74) is -0.609. The average Bonchev–Trinajstić information content (AvgIpc) is 2.14. The SMILES string of the molecule is CC(C)(C)n1cc2ccc(=O)[nH]c2nc1=O. The smallest absolute Gasteiger partial charge is 0.306 e. The number of fused-ring (bicyclic) bond motifs is 1. The molecule has 0 aliphatic heterocycles. The van der Waals surface area contributed by atoms with Crippen LogP contribution in [0, 0.1) is 0 Å². The molecule has 2 aromatic rings. The van der Waals surface area contributed by atoms with E-state index in [1.54, 1.807) is 16.8 Å². The van der Waals surface area contributed by atoms with Crippen LogP contribution in [-0.2, 0) is 5.54 Å². The monoisotopic (exact) mass is 219 g/mol. The second-order valence-corrected chi connectivity index (χ2v) is 4.69. The Hall–Kier alpha value is -1.91. The van der Waals surface area contributed by atoms with Gasteiger partial charge in [0.2, 0.25) is 5.56 Å². The molecule has 0 aromatic carbocycles. The first-order valence-corrected chi connectivity index (χ1v) is 5.01. The second-order valence-electron chi connectivity index (χ2n) is 4.69. The predicted octanol–water partition coefficient (Wildman–Crippen LogP) is 0.840. The topological polar surface area (TPSA) is 67.8 Å². The Labute approximate surface area is 91.8 Å². The number of nitrogens with one attached hydrogen (secondary N) is 1. The van der Waals surface area contributed by atoms with Gasteiger partial charge in [-0.25, -0.2) is 4.79 Å². The van der Waals surface area contributed by atoms with Crippen LogP contribution >= 0.6 is 0 Å². The summed E-state index contributed by atoms with van der Waals surface area (Å²) in [4.78, 5) is 29.2. The number of nitrogens with zero attached hydrogens (tertiary/aromatic N) is 2. The molecule has 0 fully saturated rings. The predicted molar refractivity (Wildman–Crippen MR) is 61.6 cm³/mol. The Bertz CT molecular complexity index is 647. The van der Waals surface area contributed by atoms with Crippen molar-refractivity contribution >= 4 is 11.0 Å². The zero-order valence-corrected chi connectivity index (χ0v) is 9.44. The molecular weight excluding hydrogens is 206 g/mol. The fourth-order valence-corrected chi connectivity index (χ4v) is 1.50. The van der Waals surface area contributed by atoms with Crippen LogP contribution in [0.5, 0.6) is 0 Å². The van der Waals surface area contributed by atoms with Gasteiger partial charge < -0.3 is 4.98 Å². The average molecular weight is 219 g/mol. The molecule has 0 radical (unpaired) electrons. The Morgan fingerprint density at radius 3 is 2.56 bits per heavy atom. The van der Waals surface area contributed by atoms with Crippen LogP contribution in [0.4, 0.5) is 0 Å². The zero-order valence-electron chi connectivity index (χ0n) is 9.44. The molecule has 1 N–H and O–H groups in total. The molecule has 2 rings (SSSR count). The third-order valence-corrected chi connectivity index (χ3v) is 2.33. The zero-order chi connectivity index (χ0) is 11.9. The van der Waals surface area contributed by atoms with Crippen molar-refractivity contribution in [3.8, 4) is 0 Å². The molecule has 84 valence electrons. The number of rotatable bonds is 0. The van der Waals surface area contributed by atoms with Crippen LogP contribution in [0.25, 0.3) is 11.0 Å². The summed E-state index contributed by atoms with van der Waals surface area (Å²) in [6.07, 6.45) is 1.71. The van der Waals surface area contributed by atoms with Crippen LogP contribution in [0.3, 0.4) is 0 Å². The van der Waals surface area contributed by atoms with E-state index in [0.29, 0.717) is 5.65 Å². The van der Waals surface area contributed by atoms with Crippen molar-refractivity contribution in [2.75, 3.05) is 0 Å². The largest absolute Gasteiger partial charge is 0.350 e. The van der Waals surface area contributed by atoms with Gasteiger partial charge >= 0.3 is 5.69 Å². The van der Waals surface area contributed by atoms with E-state index >= 15 is 0 Å². The molecule has 5 nitrogen and oxygen atoms in total. The quantitative estimate of drug-likeness (QED) is 0.714. The maximum absolute atomic E-state index is 11.7. The van der Waals surface area contributed by atoms with Gasteiger partial charge in [-0.2, -0.15) is 4.98 Å². The summed E-state index contributed by atoms with van der Waals surface area (Å²) in [5, 5.41) is 0.745. The van der Waals surface area contributed by atoms with Crippen molar-refractivity contribution < 1.29 is 0 Å². The normalized spacial score (nSPS) is 11.9. The lowest BCUT2D eigenvalue weighted by atomic mass is 10.1. The molecule has 0 amide bonds. The number of hydrogen-bond acceptors (Lipinski definition) is 3. The van der Waals surface area contributed by atoms with Gasteiger partial charge in [0.1, 0.15) is 5.65 Å². The summed E-state index contributed by atoms with van der Waals surface area (Å²) in [6, 6.07) is 3.07.